The zero-order chi connectivity index (χ0) is 15.7. The molecule has 0 aromatic heterocycles. The van der Waals surface area contributed by atoms with Gasteiger partial charge in [-0.2, -0.15) is 0 Å². The molecule has 1 aromatic rings. The van der Waals surface area contributed by atoms with E-state index in [0.717, 1.165) is 18.2 Å². The number of benzene rings is 1. The standard InChI is InChI=1S/C12H11N3O6/c1-6-11(17)13-10(16)5-14(6)9-4-7(12(18)19)2-3-8(9)15(20)21/h2-4,6H,5H2,1H3,(H,18,19)(H,13,16,17). The summed E-state index contributed by atoms with van der Waals surface area (Å²) in [4.78, 5) is 45.6. The van der Waals surface area contributed by atoms with Gasteiger partial charge < -0.3 is 10.0 Å². The van der Waals surface area contributed by atoms with Crippen LogP contribution in [0.25, 0.3) is 0 Å². The van der Waals surface area contributed by atoms with Crippen LogP contribution in [0.5, 0.6) is 0 Å². The number of amides is 2. The lowest BCUT2D eigenvalue weighted by Crippen LogP contribution is -2.57. The molecule has 0 radical (unpaired) electrons. The first-order valence-electron chi connectivity index (χ1n) is 5.93. The molecule has 1 saturated heterocycles. The van der Waals surface area contributed by atoms with E-state index in [1.165, 1.54) is 11.8 Å². The van der Waals surface area contributed by atoms with Crippen molar-refractivity contribution < 1.29 is 24.4 Å². The number of carbonyl (C=O) groups excluding carboxylic acids is 2. The normalized spacial score (nSPS) is 18.3. The lowest BCUT2D eigenvalue weighted by atomic mass is 10.1. The summed E-state index contributed by atoms with van der Waals surface area (Å²) < 4.78 is 0. The van der Waals surface area contributed by atoms with Crippen LogP contribution < -0.4 is 10.2 Å². The van der Waals surface area contributed by atoms with Crippen molar-refractivity contribution in [2.75, 3.05) is 11.4 Å². The molecule has 0 bridgehead atoms. The molecule has 0 spiro atoms. The van der Waals surface area contributed by atoms with Crippen LogP contribution in [0.1, 0.15) is 17.3 Å². The Kier molecular flexibility index (Phi) is 3.57. The zero-order valence-electron chi connectivity index (χ0n) is 10.9. The summed E-state index contributed by atoms with van der Waals surface area (Å²) >= 11 is 0. The van der Waals surface area contributed by atoms with E-state index in [9.17, 15) is 24.5 Å². The number of imide groups is 1. The molecule has 1 aliphatic rings. The topological polar surface area (TPSA) is 130 Å². The summed E-state index contributed by atoms with van der Waals surface area (Å²) in [6.07, 6.45) is 0. The molecule has 1 aliphatic heterocycles. The smallest absolute Gasteiger partial charge is 0.335 e. The van der Waals surface area contributed by atoms with Gasteiger partial charge in [-0.1, -0.05) is 0 Å². The van der Waals surface area contributed by atoms with Crippen molar-refractivity contribution in [1.82, 2.24) is 5.32 Å². The predicted molar refractivity (Wildman–Crippen MR) is 70.0 cm³/mol. The van der Waals surface area contributed by atoms with E-state index in [1.54, 1.807) is 0 Å². The third-order valence-electron chi connectivity index (χ3n) is 3.15. The third kappa shape index (κ3) is 2.66. The second-order valence-electron chi connectivity index (χ2n) is 4.48. The summed E-state index contributed by atoms with van der Waals surface area (Å²) in [5, 5.41) is 22.1. The second-order valence-corrected chi connectivity index (χ2v) is 4.48. The summed E-state index contributed by atoms with van der Waals surface area (Å²) in [5.74, 6) is -2.46. The van der Waals surface area contributed by atoms with Crippen molar-refractivity contribution in [1.29, 1.82) is 0 Å². The van der Waals surface area contributed by atoms with Crippen LogP contribution in [0, 0.1) is 10.1 Å². The van der Waals surface area contributed by atoms with Gasteiger partial charge in [0.15, 0.2) is 0 Å². The van der Waals surface area contributed by atoms with Crippen LogP contribution in [0.3, 0.4) is 0 Å². The van der Waals surface area contributed by atoms with Gasteiger partial charge in [0.1, 0.15) is 11.7 Å². The molecule has 21 heavy (non-hydrogen) atoms. The Bertz CT molecular complexity index is 656. The highest BCUT2D eigenvalue weighted by molar-refractivity contribution is 6.05. The Hall–Kier alpha value is -2.97. The lowest BCUT2D eigenvalue weighted by molar-refractivity contribution is -0.384. The molecule has 2 N–H and O–H groups in total. The summed E-state index contributed by atoms with van der Waals surface area (Å²) in [6.45, 7) is 1.20. The minimum atomic E-state index is -1.26. The van der Waals surface area contributed by atoms with Crippen molar-refractivity contribution in [2.45, 2.75) is 13.0 Å². The Labute approximate surface area is 118 Å². The number of anilines is 1. The Balaban J connectivity index is 2.56. The van der Waals surface area contributed by atoms with Crippen molar-refractivity contribution >= 4 is 29.2 Å². The number of nitrogens with one attached hydrogen (secondary N) is 1. The number of carboxylic acids is 1. The van der Waals surface area contributed by atoms with E-state index in [-0.39, 0.29) is 23.5 Å². The SMILES string of the molecule is CC1C(=O)NC(=O)CN1c1cc(C(=O)O)ccc1[N+](=O)[O-]. The molecule has 0 saturated carbocycles. The van der Waals surface area contributed by atoms with Crippen LogP contribution >= 0.6 is 0 Å². The minimum Gasteiger partial charge on any atom is -0.478 e. The van der Waals surface area contributed by atoms with Gasteiger partial charge >= 0.3 is 5.97 Å². The number of rotatable bonds is 3. The monoisotopic (exact) mass is 293 g/mol. The Morgan fingerprint density at radius 1 is 1.48 bits per heavy atom. The molecule has 2 amide bonds. The highest BCUT2D eigenvalue weighted by Gasteiger charge is 2.34. The maximum Gasteiger partial charge on any atom is 0.335 e. The molecule has 2 rings (SSSR count). The summed E-state index contributed by atoms with van der Waals surface area (Å²) in [7, 11) is 0. The van der Waals surface area contributed by atoms with Crippen LogP contribution in [0.2, 0.25) is 0 Å². The van der Waals surface area contributed by atoms with Crippen molar-refractivity contribution in [3.05, 3.63) is 33.9 Å². The van der Waals surface area contributed by atoms with Gasteiger partial charge in [0.25, 0.3) is 5.69 Å². The molecule has 1 heterocycles. The molecule has 0 aliphatic carbocycles. The molecule has 9 heteroatoms. The first kappa shape index (κ1) is 14.4. The molecule has 1 atom stereocenters. The number of nitro benzene ring substituents is 1. The van der Waals surface area contributed by atoms with Gasteiger partial charge in [-0.15, -0.1) is 0 Å². The van der Waals surface area contributed by atoms with E-state index >= 15 is 0 Å². The first-order chi connectivity index (χ1) is 9.81. The fourth-order valence-corrected chi connectivity index (χ4v) is 2.05. The van der Waals surface area contributed by atoms with E-state index in [4.69, 9.17) is 5.11 Å². The molecular weight excluding hydrogens is 282 g/mol. The van der Waals surface area contributed by atoms with Gasteiger partial charge in [0, 0.05) is 6.07 Å². The lowest BCUT2D eigenvalue weighted by Gasteiger charge is -2.33. The number of carboxylic acid groups (broad SMARTS) is 1. The largest absolute Gasteiger partial charge is 0.478 e. The highest BCUT2D eigenvalue weighted by atomic mass is 16.6. The number of piperazine rings is 1. The molecular formula is C12H11N3O6. The first-order valence-corrected chi connectivity index (χ1v) is 5.93. The summed E-state index contributed by atoms with van der Waals surface area (Å²) in [5.41, 5.74) is -0.605. The number of hydrogen-bond acceptors (Lipinski definition) is 6. The van der Waals surface area contributed by atoms with Crippen molar-refractivity contribution in [3.63, 3.8) is 0 Å². The van der Waals surface area contributed by atoms with Gasteiger partial charge in [0.05, 0.1) is 17.0 Å². The second kappa shape index (κ2) is 5.19. The predicted octanol–water partition coefficient (Wildman–Crippen LogP) is 0.144. The number of nitro groups is 1. The minimum absolute atomic E-state index is 0.0735. The fourth-order valence-electron chi connectivity index (χ4n) is 2.05. The Morgan fingerprint density at radius 3 is 2.71 bits per heavy atom. The van der Waals surface area contributed by atoms with Gasteiger partial charge in [0.2, 0.25) is 11.8 Å². The van der Waals surface area contributed by atoms with Gasteiger partial charge in [-0.3, -0.25) is 25.0 Å². The highest BCUT2D eigenvalue weighted by Crippen LogP contribution is 2.31. The number of hydrogen-bond donors (Lipinski definition) is 2. The number of nitrogens with zero attached hydrogens (tertiary/aromatic N) is 2. The third-order valence-corrected chi connectivity index (χ3v) is 3.15. The van der Waals surface area contributed by atoms with Crippen LogP contribution in [-0.4, -0.2) is 40.4 Å². The average Bonchev–Trinajstić information content (AvgIpc) is 2.41. The molecule has 1 aromatic carbocycles. The average molecular weight is 293 g/mol. The van der Waals surface area contributed by atoms with Gasteiger partial charge in [-0.25, -0.2) is 4.79 Å². The summed E-state index contributed by atoms with van der Waals surface area (Å²) in [6, 6.07) is 2.40. The maximum absolute atomic E-state index is 11.6. The number of aromatic carboxylic acids is 1. The van der Waals surface area contributed by atoms with Crippen LogP contribution in [0.4, 0.5) is 11.4 Å². The van der Waals surface area contributed by atoms with E-state index in [2.05, 4.69) is 5.32 Å². The van der Waals surface area contributed by atoms with Crippen molar-refractivity contribution in [3.8, 4) is 0 Å². The molecule has 9 nitrogen and oxygen atoms in total. The molecule has 110 valence electrons. The zero-order valence-corrected chi connectivity index (χ0v) is 10.9. The van der Waals surface area contributed by atoms with Crippen LogP contribution in [0.15, 0.2) is 18.2 Å². The van der Waals surface area contributed by atoms with Gasteiger partial charge in [-0.05, 0) is 19.1 Å². The van der Waals surface area contributed by atoms with E-state index in [1.807, 2.05) is 0 Å². The van der Waals surface area contributed by atoms with E-state index < -0.39 is 28.7 Å². The van der Waals surface area contributed by atoms with Crippen molar-refractivity contribution in [2.24, 2.45) is 0 Å². The Morgan fingerprint density at radius 2 is 2.14 bits per heavy atom. The quantitative estimate of drug-likeness (QED) is 0.460. The molecule has 1 fully saturated rings. The van der Waals surface area contributed by atoms with Crippen LogP contribution in [-0.2, 0) is 9.59 Å². The molecule has 1 unspecified atom stereocenters. The fraction of sp³-hybridized carbons (Fsp3) is 0.250. The number of carbonyl (C=O) groups is 3. The van der Waals surface area contributed by atoms with E-state index in [0.29, 0.717) is 0 Å². The maximum atomic E-state index is 11.6.